The summed E-state index contributed by atoms with van der Waals surface area (Å²) in [5.41, 5.74) is 3.07. The predicted molar refractivity (Wildman–Crippen MR) is 172 cm³/mol. The van der Waals surface area contributed by atoms with Gasteiger partial charge in [-0.2, -0.15) is 0 Å². The number of carbonyl (C=O) groups is 2. The average molecular weight is 685 g/mol. The number of aliphatic carboxylic acids is 1. The molecule has 0 bridgehead atoms. The SMILES string of the molecule is CC(C)=CC[C@@H](N=C(c1ccccc1)c1cc(Cl)ccc1[N-]C(=O)[C@]1(C)CCCN1Cc1ccc(Cl)c(Cl)c1)C(=O)O.[Ni]. The largest absolute Gasteiger partial charge is 0.625 e. The van der Waals surface area contributed by atoms with Gasteiger partial charge in [0, 0.05) is 33.6 Å². The van der Waals surface area contributed by atoms with E-state index in [1.54, 1.807) is 24.3 Å². The van der Waals surface area contributed by atoms with Crippen molar-refractivity contribution in [3.8, 4) is 0 Å². The van der Waals surface area contributed by atoms with Gasteiger partial charge in [-0.05, 0) is 82.0 Å². The molecule has 1 N–H and O–H groups in total. The molecule has 43 heavy (non-hydrogen) atoms. The van der Waals surface area contributed by atoms with E-state index < -0.39 is 17.6 Å². The third-order valence-electron chi connectivity index (χ3n) is 7.41. The molecule has 0 aliphatic carbocycles. The second-order valence-corrected chi connectivity index (χ2v) is 12.1. The van der Waals surface area contributed by atoms with Gasteiger partial charge in [-0.1, -0.05) is 88.9 Å². The van der Waals surface area contributed by atoms with E-state index in [-0.39, 0.29) is 28.8 Å². The van der Waals surface area contributed by atoms with Crippen LogP contribution in [0.1, 0.15) is 56.7 Å². The van der Waals surface area contributed by atoms with Crippen LogP contribution in [0.2, 0.25) is 15.1 Å². The number of rotatable bonds is 10. The van der Waals surface area contributed by atoms with Crippen LogP contribution in [0.3, 0.4) is 0 Å². The molecule has 10 heteroatoms. The van der Waals surface area contributed by atoms with Crippen molar-refractivity contribution >= 4 is 58.1 Å². The Balaban J connectivity index is 0.00000506. The van der Waals surface area contributed by atoms with Gasteiger partial charge in [-0.3, -0.25) is 9.89 Å². The topological polar surface area (TPSA) is 84.1 Å². The number of carbonyl (C=O) groups excluding carboxylic acids is 1. The van der Waals surface area contributed by atoms with Crippen molar-refractivity contribution in [1.82, 2.24) is 4.90 Å². The number of likely N-dealkylation sites (tertiary alicyclic amines) is 1. The number of hydrogen-bond acceptors (Lipinski definition) is 4. The van der Waals surface area contributed by atoms with Crippen LogP contribution in [0.25, 0.3) is 5.32 Å². The zero-order chi connectivity index (χ0) is 30.4. The van der Waals surface area contributed by atoms with Crippen LogP contribution < -0.4 is 0 Å². The van der Waals surface area contributed by atoms with Crippen molar-refractivity contribution in [3.63, 3.8) is 0 Å². The number of carboxylic acids is 1. The smallest absolute Gasteiger partial charge is 0.328 e. The standard InChI is InChI=1S/C33H34Cl3N3O3.Ni/c1-21(2)10-14-29(31(40)41)37-30(23-8-5-4-6-9-23)25-19-24(34)12-15-28(25)38-32(42)33(3)16-7-17-39(33)20-22-11-13-26(35)27(36)18-22;/h4-6,8-13,15,18-19,29H,7,14,16-17,20H2,1-3H3,(H2,37,38,40,41,42);/p-1/t29-,33+;/m1./s1. The molecule has 2 atom stereocenters. The van der Waals surface area contributed by atoms with E-state index in [0.29, 0.717) is 50.6 Å². The van der Waals surface area contributed by atoms with Gasteiger partial charge in [0.15, 0.2) is 6.04 Å². The van der Waals surface area contributed by atoms with Crippen LogP contribution in [0.5, 0.6) is 0 Å². The molecule has 1 heterocycles. The Bertz CT molecular complexity index is 1530. The monoisotopic (exact) mass is 682 g/mol. The summed E-state index contributed by atoms with van der Waals surface area (Å²) in [5, 5.41) is 16.0. The van der Waals surface area contributed by atoms with Crippen molar-refractivity contribution in [2.75, 3.05) is 6.54 Å². The van der Waals surface area contributed by atoms with Gasteiger partial charge in [-0.15, -0.1) is 5.69 Å². The maximum Gasteiger partial charge on any atom is 0.328 e. The molecule has 4 rings (SSSR count). The van der Waals surface area contributed by atoms with E-state index >= 15 is 0 Å². The van der Waals surface area contributed by atoms with Crippen molar-refractivity contribution in [2.24, 2.45) is 4.99 Å². The van der Waals surface area contributed by atoms with Crippen molar-refractivity contribution in [2.45, 2.75) is 58.2 Å². The van der Waals surface area contributed by atoms with Crippen LogP contribution in [0, 0.1) is 0 Å². The Hall–Kier alpha value is -2.67. The molecule has 6 nitrogen and oxygen atoms in total. The Morgan fingerprint density at radius 2 is 1.77 bits per heavy atom. The van der Waals surface area contributed by atoms with Gasteiger partial charge >= 0.3 is 5.97 Å². The normalized spacial score (nSPS) is 17.6. The second-order valence-electron chi connectivity index (χ2n) is 10.8. The van der Waals surface area contributed by atoms with Crippen LogP contribution in [0.4, 0.5) is 5.69 Å². The molecule has 0 aromatic heterocycles. The van der Waals surface area contributed by atoms with Gasteiger partial charge in [0.05, 0.1) is 27.2 Å². The molecule has 1 saturated heterocycles. The first-order valence-corrected chi connectivity index (χ1v) is 14.9. The molecule has 3 aromatic rings. The van der Waals surface area contributed by atoms with E-state index in [1.165, 1.54) is 0 Å². The number of carboxylic acid groups (broad SMARTS) is 1. The summed E-state index contributed by atoms with van der Waals surface area (Å²) in [6.45, 7) is 6.98. The Labute approximate surface area is 278 Å². The summed E-state index contributed by atoms with van der Waals surface area (Å²) in [6, 6.07) is 18.7. The van der Waals surface area contributed by atoms with E-state index in [4.69, 9.17) is 39.8 Å². The van der Waals surface area contributed by atoms with Crippen molar-refractivity contribution in [1.29, 1.82) is 0 Å². The predicted octanol–water partition coefficient (Wildman–Crippen LogP) is 8.88. The van der Waals surface area contributed by atoms with E-state index in [9.17, 15) is 14.7 Å². The number of benzene rings is 3. The number of hydrogen-bond donors (Lipinski definition) is 1. The summed E-state index contributed by atoms with van der Waals surface area (Å²) in [6.07, 6.45) is 3.56. The first-order valence-electron chi connectivity index (χ1n) is 13.7. The minimum absolute atomic E-state index is 0. The number of nitrogens with zero attached hydrogens (tertiary/aromatic N) is 3. The van der Waals surface area contributed by atoms with Crippen LogP contribution >= 0.6 is 34.8 Å². The quantitative estimate of drug-likeness (QED) is 0.131. The summed E-state index contributed by atoms with van der Waals surface area (Å²) in [4.78, 5) is 33.0. The second kappa shape index (κ2) is 15.4. The third-order valence-corrected chi connectivity index (χ3v) is 8.38. The van der Waals surface area contributed by atoms with Gasteiger partial charge < -0.3 is 15.2 Å². The first kappa shape index (κ1) is 34.8. The molecule has 1 aliphatic rings. The summed E-state index contributed by atoms with van der Waals surface area (Å²) < 4.78 is 0. The number of halogens is 3. The van der Waals surface area contributed by atoms with Crippen LogP contribution in [-0.2, 0) is 32.6 Å². The third kappa shape index (κ3) is 8.71. The van der Waals surface area contributed by atoms with Gasteiger partial charge in [-0.25, -0.2) is 4.79 Å². The first-order chi connectivity index (χ1) is 20.0. The fourth-order valence-electron chi connectivity index (χ4n) is 5.01. The molecule has 230 valence electrons. The maximum atomic E-state index is 13.9. The molecular formula is C33H33Cl3N3NiO3-. The number of amides is 1. The molecule has 0 radical (unpaired) electrons. The zero-order valence-electron chi connectivity index (χ0n) is 24.1. The van der Waals surface area contributed by atoms with Gasteiger partial charge in [0.2, 0.25) is 0 Å². The fourth-order valence-corrected chi connectivity index (χ4v) is 5.50. The molecule has 0 spiro atoms. The zero-order valence-corrected chi connectivity index (χ0v) is 27.4. The fraction of sp³-hybridized carbons (Fsp3) is 0.303. The minimum Gasteiger partial charge on any atom is -0.625 e. The summed E-state index contributed by atoms with van der Waals surface area (Å²) in [7, 11) is 0. The molecular weight excluding hydrogens is 651 g/mol. The van der Waals surface area contributed by atoms with Crippen LogP contribution in [-0.4, -0.2) is 45.7 Å². The molecule has 0 unspecified atom stereocenters. The van der Waals surface area contributed by atoms with E-state index in [0.717, 1.165) is 24.1 Å². The maximum absolute atomic E-state index is 13.9. The summed E-state index contributed by atoms with van der Waals surface area (Å²) in [5.74, 6) is -1.34. The van der Waals surface area contributed by atoms with E-state index in [1.807, 2.05) is 69.3 Å². The molecule has 1 fully saturated rings. The number of aliphatic imine (C=N–C) groups is 1. The van der Waals surface area contributed by atoms with Gasteiger partial charge in [0.1, 0.15) is 0 Å². The molecule has 3 aromatic carbocycles. The Morgan fingerprint density at radius 3 is 2.42 bits per heavy atom. The van der Waals surface area contributed by atoms with Crippen molar-refractivity contribution < 1.29 is 31.2 Å². The Morgan fingerprint density at radius 1 is 1.05 bits per heavy atom. The Kier molecular flexibility index (Phi) is 12.4. The molecule has 1 aliphatic heterocycles. The minimum atomic E-state index is -1.05. The van der Waals surface area contributed by atoms with Crippen molar-refractivity contribution in [3.05, 3.63) is 115 Å². The number of allylic oxidation sites excluding steroid dienone is 1. The van der Waals surface area contributed by atoms with Gasteiger partial charge in [0.25, 0.3) is 0 Å². The average Bonchev–Trinajstić information content (AvgIpc) is 3.33. The molecule has 0 saturated carbocycles. The van der Waals surface area contributed by atoms with E-state index in [2.05, 4.69) is 10.2 Å². The summed E-state index contributed by atoms with van der Waals surface area (Å²) >= 11 is 18.8. The molecule has 1 amide bonds. The van der Waals surface area contributed by atoms with Crippen LogP contribution in [0.15, 0.2) is 83.4 Å².